The lowest BCUT2D eigenvalue weighted by molar-refractivity contribution is 1.01. The van der Waals surface area contributed by atoms with Crippen LogP contribution in [0.4, 0.5) is 0 Å². The largest absolute Gasteiger partial charge is 0.303 e. The first-order valence-corrected chi connectivity index (χ1v) is 3.12. The molecule has 10 heavy (non-hydrogen) atoms. The summed E-state index contributed by atoms with van der Waals surface area (Å²) < 4.78 is 0. The van der Waals surface area contributed by atoms with E-state index >= 15 is 0 Å². The smallest absolute Gasteiger partial charge is 0.151 e. The molecule has 1 aromatic rings. The average molecular weight is 156 g/mol. The highest BCUT2D eigenvalue weighted by atomic mass is 35.5. The molecule has 0 unspecified atom stereocenters. The number of nitrogens with zero attached hydrogens (tertiary/aromatic N) is 2. The lowest BCUT2D eigenvalue weighted by Crippen LogP contribution is -1.97. The highest BCUT2D eigenvalue weighted by Crippen LogP contribution is 2.01. The molecule has 0 saturated carbocycles. The molecule has 0 amide bonds. The summed E-state index contributed by atoms with van der Waals surface area (Å²) in [6.45, 7) is 1.65. The molecule has 1 aromatic heterocycles. The van der Waals surface area contributed by atoms with Crippen LogP contribution in [0, 0.1) is 5.41 Å². The van der Waals surface area contributed by atoms with Crippen molar-refractivity contribution in [2.45, 2.75) is 6.92 Å². The first-order chi connectivity index (χ1) is 4.70. The Hall–Kier alpha value is -0.960. The lowest BCUT2D eigenvalue weighted by atomic mass is 10.3. The minimum atomic E-state index is 0.352. The minimum Gasteiger partial charge on any atom is -0.303 e. The first-order valence-electron chi connectivity index (χ1n) is 2.75. The van der Waals surface area contributed by atoms with Gasteiger partial charge in [-0.15, -0.1) is 10.2 Å². The van der Waals surface area contributed by atoms with Gasteiger partial charge in [-0.25, -0.2) is 0 Å². The lowest BCUT2D eigenvalue weighted by Gasteiger charge is -1.92. The van der Waals surface area contributed by atoms with Crippen molar-refractivity contribution in [3.05, 3.63) is 23.0 Å². The van der Waals surface area contributed by atoms with Gasteiger partial charge in [0, 0.05) is 0 Å². The van der Waals surface area contributed by atoms with Crippen LogP contribution < -0.4 is 0 Å². The van der Waals surface area contributed by atoms with Gasteiger partial charge >= 0.3 is 0 Å². The van der Waals surface area contributed by atoms with Crippen molar-refractivity contribution < 1.29 is 0 Å². The Labute approximate surface area is 63.6 Å². The monoisotopic (exact) mass is 155 g/mol. The highest BCUT2D eigenvalue weighted by Gasteiger charge is 1.95. The van der Waals surface area contributed by atoms with E-state index in [1.54, 1.807) is 19.1 Å². The van der Waals surface area contributed by atoms with Crippen LogP contribution in [0.3, 0.4) is 0 Å². The van der Waals surface area contributed by atoms with Gasteiger partial charge in [0.1, 0.15) is 5.69 Å². The van der Waals surface area contributed by atoms with Crippen LogP contribution in [0.1, 0.15) is 12.6 Å². The molecule has 0 aliphatic rings. The van der Waals surface area contributed by atoms with Crippen molar-refractivity contribution in [1.29, 1.82) is 5.41 Å². The highest BCUT2D eigenvalue weighted by molar-refractivity contribution is 6.29. The molecule has 52 valence electrons. The third kappa shape index (κ3) is 1.51. The van der Waals surface area contributed by atoms with Crippen molar-refractivity contribution in [2.24, 2.45) is 0 Å². The van der Waals surface area contributed by atoms with E-state index in [4.69, 9.17) is 17.0 Å². The molecule has 0 fully saturated rings. The molecule has 0 saturated heterocycles. The Bertz CT molecular complexity index is 242. The van der Waals surface area contributed by atoms with E-state index < -0.39 is 0 Å². The minimum absolute atomic E-state index is 0.352. The van der Waals surface area contributed by atoms with Crippen molar-refractivity contribution in [1.82, 2.24) is 10.2 Å². The van der Waals surface area contributed by atoms with Gasteiger partial charge in [-0.05, 0) is 19.1 Å². The molecular formula is C6H6ClN3. The van der Waals surface area contributed by atoms with Crippen LogP contribution in [0.15, 0.2) is 12.1 Å². The van der Waals surface area contributed by atoms with Gasteiger partial charge in [0.2, 0.25) is 0 Å². The Morgan fingerprint density at radius 2 is 2.20 bits per heavy atom. The molecule has 0 atom stereocenters. The van der Waals surface area contributed by atoms with Crippen molar-refractivity contribution in [3.63, 3.8) is 0 Å². The topological polar surface area (TPSA) is 49.6 Å². The van der Waals surface area contributed by atoms with Crippen LogP contribution >= 0.6 is 11.6 Å². The van der Waals surface area contributed by atoms with Gasteiger partial charge in [0.15, 0.2) is 5.15 Å². The fraction of sp³-hybridized carbons (Fsp3) is 0.167. The standard InChI is InChI=1S/C6H6ClN3/c1-4(8)5-2-3-6(7)10-9-5/h2-3,8H,1H3. The molecule has 0 spiro atoms. The fourth-order valence-corrected chi connectivity index (χ4v) is 0.617. The van der Waals surface area contributed by atoms with E-state index in [0.29, 0.717) is 16.6 Å². The van der Waals surface area contributed by atoms with Gasteiger partial charge in [0.25, 0.3) is 0 Å². The Kier molecular flexibility index (Phi) is 1.97. The molecule has 3 nitrogen and oxygen atoms in total. The quantitative estimate of drug-likeness (QED) is 0.625. The summed E-state index contributed by atoms with van der Waals surface area (Å²) in [4.78, 5) is 0. The predicted molar refractivity (Wildman–Crippen MR) is 39.5 cm³/mol. The van der Waals surface area contributed by atoms with Crippen LogP contribution in [0.5, 0.6) is 0 Å². The second kappa shape index (κ2) is 2.75. The molecule has 1 N–H and O–H groups in total. The number of halogens is 1. The first kappa shape index (κ1) is 7.15. The number of hydrogen-bond acceptors (Lipinski definition) is 3. The van der Waals surface area contributed by atoms with Gasteiger partial charge < -0.3 is 5.41 Å². The maximum Gasteiger partial charge on any atom is 0.151 e. The van der Waals surface area contributed by atoms with Crippen LogP contribution in [-0.2, 0) is 0 Å². The molecule has 0 radical (unpaired) electrons. The third-order valence-electron chi connectivity index (χ3n) is 1.02. The summed E-state index contributed by atoms with van der Waals surface area (Å²) in [6.07, 6.45) is 0. The Balaban J connectivity index is 3.00. The number of nitrogens with one attached hydrogen (secondary N) is 1. The maximum absolute atomic E-state index is 7.16. The van der Waals surface area contributed by atoms with Gasteiger partial charge in [0.05, 0.1) is 5.71 Å². The molecular weight excluding hydrogens is 150 g/mol. The molecule has 1 rings (SSSR count). The number of aromatic nitrogens is 2. The van der Waals surface area contributed by atoms with Crippen LogP contribution in [0.2, 0.25) is 5.15 Å². The number of rotatable bonds is 1. The van der Waals surface area contributed by atoms with Crippen molar-refractivity contribution in [2.75, 3.05) is 0 Å². The van der Waals surface area contributed by atoms with Crippen molar-refractivity contribution in [3.8, 4) is 0 Å². The Morgan fingerprint density at radius 1 is 1.50 bits per heavy atom. The second-order valence-corrected chi connectivity index (χ2v) is 2.25. The molecule has 1 heterocycles. The predicted octanol–water partition coefficient (Wildman–Crippen LogP) is 1.52. The van der Waals surface area contributed by atoms with E-state index in [-0.39, 0.29) is 0 Å². The Morgan fingerprint density at radius 3 is 2.60 bits per heavy atom. The molecule has 0 aliphatic heterocycles. The molecule has 0 aromatic carbocycles. The third-order valence-corrected chi connectivity index (χ3v) is 1.22. The average Bonchev–Trinajstić information content (AvgIpc) is 1.88. The molecule has 0 aliphatic carbocycles. The number of hydrogen-bond donors (Lipinski definition) is 1. The van der Waals surface area contributed by atoms with E-state index in [1.165, 1.54) is 0 Å². The fourth-order valence-electron chi connectivity index (χ4n) is 0.516. The summed E-state index contributed by atoms with van der Waals surface area (Å²) in [5.41, 5.74) is 0.952. The maximum atomic E-state index is 7.16. The van der Waals surface area contributed by atoms with E-state index in [9.17, 15) is 0 Å². The summed E-state index contributed by atoms with van der Waals surface area (Å²) >= 11 is 5.47. The van der Waals surface area contributed by atoms with E-state index in [0.717, 1.165) is 0 Å². The van der Waals surface area contributed by atoms with Crippen LogP contribution in [0.25, 0.3) is 0 Å². The van der Waals surface area contributed by atoms with Gasteiger partial charge in [-0.2, -0.15) is 0 Å². The normalized spacial score (nSPS) is 9.40. The molecule has 0 bridgehead atoms. The van der Waals surface area contributed by atoms with E-state index in [2.05, 4.69) is 10.2 Å². The summed E-state index contributed by atoms with van der Waals surface area (Å²) in [5.74, 6) is 0. The SMILES string of the molecule is CC(=N)c1ccc(Cl)nn1. The summed E-state index contributed by atoms with van der Waals surface area (Å²) in [6, 6.07) is 3.28. The second-order valence-electron chi connectivity index (χ2n) is 1.87. The van der Waals surface area contributed by atoms with Gasteiger partial charge in [-0.1, -0.05) is 11.6 Å². The van der Waals surface area contributed by atoms with Gasteiger partial charge in [-0.3, -0.25) is 0 Å². The van der Waals surface area contributed by atoms with Crippen molar-refractivity contribution >= 4 is 17.3 Å². The summed E-state index contributed by atoms with van der Waals surface area (Å²) in [5, 5.41) is 14.8. The zero-order valence-electron chi connectivity index (χ0n) is 5.43. The molecule has 4 heteroatoms. The zero-order valence-corrected chi connectivity index (χ0v) is 6.18. The van der Waals surface area contributed by atoms with Crippen LogP contribution in [-0.4, -0.2) is 15.9 Å². The summed E-state index contributed by atoms with van der Waals surface area (Å²) in [7, 11) is 0. The zero-order chi connectivity index (χ0) is 7.56. The van der Waals surface area contributed by atoms with E-state index in [1.807, 2.05) is 0 Å².